The van der Waals surface area contributed by atoms with Gasteiger partial charge in [-0.05, 0) is 75.1 Å². The monoisotopic (exact) mass is 348 g/mol. The molecule has 26 heavy (non-hydrogen) atoms. The Hall–Kier alpha value is -2.75. The highest BCUT2D eigenvalue weighted by atomic mass is 16.5. The maximum Gasteiger partial charge on any atom is 0.338 e. The third-order valence-corrected chi connectivity index (χ3v) is 5.10. The highest BCUT2D eigenvalue weighted by Crippen LogP contribution is 2.36. The topological polar surface area (TPSA) is 54.1 Å². The number of carbonyl (C=O) groups is 1. The van der Waals surface area contributed by atoms with Crippen molar-refractivity contribution in [1.29, 1.82) is 0 Å². The average molecular weight is 348 g/mol. The summed E-state index contributed by atoms with van der Waals surface area (Å²) < 4.78 is 5.04. The number of nitrogens with one attached hydrogen (secondary N) is 2. The first-order valence-corrected chi connectivity index (χ1v) is 9.30. The van der Waals surface area contributed by atoms with Gasteiger partial charge < -0.3 is 15.0 Å². The first-order chi connectivity index (χ1) is 12.7. The van der Waals surface area contributed by atoms with Gasteiger partial charge in [-0.25, -0.2) is 4.79 Å². The number of hydrogen-bond acceptors (Lipinski definition) is 3. The Morgan fingerprint density at radius 1 is 1.23 bits per heavy atom. The van der Waals surface area contributed by atoms with Crippen LogP contribution >= 0.6 is 0 Å². The summed E-state index contributed by atoms with van der Waals surface area (Å²) >= 11 is 0. The zero-order chi connectivity index (χ0) is 18.1. The Kier molecular flexibility index (Phi) is 4.41. The van der Waals surface area contributed by atoms with Crippen molar-refractivity contribution >= 4 is 22.6 Å². The number of benzene rings is 2. The number of aromatic amines is 1. The molecule has 4 nitrogen and oxygen atoms in total. The number of rotatable bonds is 4. The lowest BCUT2D eigenvalue weighted by atomic mass is 9.91. The van der Waals surface area contributed by atoms with Gasteiger partial charge >= 0.3 is 5.97 Å². The summed E-state index contributed by atoms with van der Waals surface area (Å²) in [6, 6.07) is 14.4. The number of H-pyrrole nitrogens is 1. The molecule has 0 saturated carbocycles. The second-order valence-corrected chi connectivity index (χ2v) is 6.95. The van der Waals surface area contributed by atoms with E-state index in [1.165, 1.54) is 34.1 Å². The van der Waals surface area contributed by atoms with E-state index in [1.807, 2.05) is 31.2 Å². The summed E-state index contributed by atoms with van der Waals surface area (Å²) in [6.45, 7) is 4.35. The molecule has 0 saturated heterocycles. The summed E-state index contributed by atoms with van der Waals surface area (Å²) in [4.78, 5) is 15.4. The molecule has 0 radical (unpaired) electrons. The smallest absolute Gasteiger partial charge is 0.338 e. The molecule has 4 heteroatoms. The summed E-state index contributed by atoms with van der Waals surface area (Å²) in [5.74, 6) is -0.273. The van der Waals surface area contributed by atoms with Crippen LogP contribution in [0.15, 0.2) is 42.5 Å². The van der Waals surface area contributed by atoms with Crippen LogP contribution < -0.4 is 5.32 Å². The number of fused-ring (bicyclic) bond motifs is 3. The number of anilines is 1. The molecule has 0 amide bonds. The van der Waals surface area contributed by atoms with Crippen molar-refractivity contribution in [2.24, 2.45) is 0 Å². The molecule has 0 fully saturated rings. The molecule has 1 aromatic heterocycles. The van der Waals surface area contributed by atoms with Gasteiger partial charge in [-0.2, -0.15) is 0 Å². The van der Waals surface area contributed by atoms with Crippen LogP contribution in [-0.4, -0.2) is 17.6 Å². The van der Waals surface area contributed by atoms with Gasteiger partial charge in [-0.1, -0.05) is 11.6 Å². The van der Waals surface area contributed by atoms with Gasteiger partial charge in [0.15, 0.2) is 0 Å². The van der Waals surface area contributed by atoms with Crippen molar-refractivity contribution in [2.45, 2.75) is 39.2 Å². The van der Waals surface area contributed by atoms with Crippen molar-refractivity contribution in [1.82, 2.24) is 4.98 Å². The SMILES string of the molecule is CCOC(=O)c1ccc(N[C@H]2CCCc3c2[nH]c2ccc(C)cc32)cc1. The van der Waals surface area contributed by atoms with Crippen molar-refractivity contribution < 1.29 is 9.53 Å². The fourth-order valence-electron chi connectivity index (χ4n) is 3.84. The first kappa shape index (κ1) is 16.7. The molecule has 3 aromatic rings. The Morgan fingerprint density at radius 3 is 2.81 bits per heavy atom. The van der Waals surface area contributed by atoms with Crippen molar-refractivity contribution in [3.8, 4) is 0 Å². The van der Waals surface area contributed by atoms with E-state index in [-0.39, 0.29) is 12.0 Å². The number of aryl methyl sites for hydroxylation is 2. The third-order valence-electron chi connectivity index (χ3n) is 5.10. The zero-order valence-corrected chi connectivity index (χ0v) is 15.3. The highest BCUT2D eigenvalue weighted by Gasteiger charge is 2.24. The van der Waals surface area contributed by atoms with Crippen LogP contribution in [0.25, 0.3) is 10.9 Å². The van der Waals surface area contributed by atoms with E-state index in [0.29, 0.717) is 12.2 Å². The predicted molar refractivity (Wildman–Crippen MR) is 105 cm³/mol. The third kappa shape index (κ3) is 3.07. The molecule has 2 N–H and O–H groups in total. The maximum absolute atomic E-state index is 11.8. The standard InChI is InChI=1S/C22H24N2O2/c1-3-26-22(25)15-8-10-16(11-9-15)23-20-6-4-5-17-18-13-14(2)7-12-19(18)24-21(17)20/h7-13,20,23-24H,3-6H2,1-2H3/t20-/m0/s1. The van der Waals surface area contributed by atoms with E-state index in [4.69, 9.17) is 4.74 Å². The quantitative estimate of drug-likeness (QED) is 0.642. The largest absolute Gasteiger partial charge is 0.462 e. The van der Waals surface area contributed by atoms with E-state index in [1.54, 1.807) is 0 Å². The number of esters is 1. The molecule has 0 unspecified atom stereocenters. The molecule has 2 aromatic carbocycles. The molecule has 1 aliphatic rings. The van der Waals surface area contributed by atoms with Gasteiger partial charge in [0.2, 0.25) is 0 Å². The lowest BCUT2D eigenvalue weighted by Gasteiger charge is -2.25. The van der Waals surface area contributed by atoms with Gasteiger partial charge in [0.05, 0.1) is 18.2 Å². The highest BCUT2D eigenvalue weighted by molar-refractivity contribution is 5.90. The van der Waals surface area contributed by atoms with E-state index >= 15 is 0 Å². The summed E-state index contributed by atoms with van der Waals surface area (Å²) in [6.07, 6.45) is 3.39. The minimum Gasteiger partial charge on any atom is -0.462 e. The Balaban J connectivity index is 1.59. The van der Waals surface area contributed by atoms with Crippen LogP contribution in [0.2, 0.25) is 0 Å². The Bertz CT molecular complexity index is 941. The summed E-state index contributed by atoms with van der Waals surface area (Å²) in [5.41, 5.74) is 6.85. The van der Waals surface area contributed by atoms with Crippen LogP contribution in [-0.2, 0) is 11.2 Å². The second kappa shape index (κ2) is 6.87. The van der Waals surface area contributed by atoms with Gasteiger partial charge in [-0.15, -0.1) is 0 Å². The fraction of sp³-hybridized carbons (Fsp3) is 0.318. The molecule has 1 atom stereocenters. The average Bonchev–Trinajstić information content (AvgIpc) is 3.02. The minimum atomic E-state index is -0.273. The molecule has 134 valence electrons. The van der Waals surface area contributed by atoms with Crippen LogP contribution in [0.3, 0.4) is 0 Å². The van der Waals surface area contributed by atoms with Gasteiger partial charge in [-0.3, -0.25) is 0 Å². The minimum absolute atomic E-state index is 0.264. The fourth-order valence-corrected chi connectivity index (χ4v) is 3.84. The molecule has 0 spiro atoms. The van der Waals surface area contributed by atoms with Gasteiger partial charge in [0.1, 0.15) is 0 Å². The zero-order valence-electron chi connectivity index (χ0n) is 15.3. The maximum atomic E-state index is 11.8. The summed E-state index contributed by atoms with van der Waals surface area (Å²) in [5, 5.41) is 4.98. The van der Waals surface area contributed by atoms with Crippen LogP contribution in [0.4, 0.5) is 5.69 Å². The summed E-state index contributed by atoms with van der Waals surface area (Å²) in [7, 11) is 0. The lowest BCUT2D eigenvalue weighted by molar-refractivity contribution is 0.0526. The predicted octanol–water partition coefficient (Wildman–Crippen LogP) is 5.14. The van der Waals surface area contributed by atoms with E-state index < -0.39 is 0 Å². The molecular weight excluding hydrogens is 324 g/mol. The molecule has 1 heterocycles. The number of carbonyl (C=O) groups excluding carboxylic acids is 1. The van der Waals surface area contributed by atoms with E-state index in [0.717, 1.165) is 18.5 Å². The van der Waals surface area contributed by atoms with Crippen molar-refractivity contribution in [3.05, 3.63) is 64.8 Å². The van der Waals surface area contributed by atoms with Crippen molar-refractivity contribution in [3.63, 3.8) is 0 Å². The van der Waals surface area contributed by atoms with E-state index in [9.17, 15) is 4.79 Å². The van der Waals surface area contributed by atoms with Gasteiger partial charge in [0.25, 0.3) is 0 Å². The molecule has 0 bridgehead atoms. The van der Waals surface area contributed by atoms with Crippen molar-refractivity contribution in [2.75, 3.05) is 11.9 Å². The number of ether oxygens (including phenoxy) is 1. The number of hydrogen-bond donors (Lipinski definition) is 2. The second-order valence-electron chi connectivity index (χ2n) is 6.95. The van der Waals surface area contributed by atoms with Crippen LogP contribution in [0, 0.1) is 6.92 Å². The lowest BCUT2D eigenvalue weighted by Crippen LogP contribution is -2.17. The normalized spacial score (nSPS) is 16.3. The Labute approximate surface area is 153 Å². The first-order valence-electron chi connectivity index (χ1n) is 9.30. The molecule has 0 aliphatic heterocycles. The molecule has 4 rings (SSSR count). The molecule has 1 aliphatic carbocycles. The van der Waals surface area contributed by atoms with E-state index in [2.05, 4.69) is 35.4 Å². The number of aromatic nitrogens is 1. The van der Waals surface area contributed by atoms with Crippen LogP contribution in [0.1, 0.15) is 53.0 Å². The Morgan fingerprint density at radius 2 is 2.04 bits per heavy atom. The van der Waals surface area contributed by atoms with Crippen LogP contribution in [0.5, 0.6) is 0 Å². The van der Waals surface area contributed by atoms with Gasteiger partial charge in [0, 0.05) is 22.3 Å². The molecular formula is C22H24N2O2.